The molecule has 10 nitrogen and oxygen atoms in total. The number of anilines is 2. The van der Waals surface area contributed by atoms with E-state index in [0.29, 0.717) is 29.4 Å². The Labute approximate surface area is 225 Å². The first kappa shape index (κ1) is 26.9. The molecule has 1 fully saturated rings. The predicted octanol–water partition coefficient (Wildman–Crippen LogP) is 4.09. The molecule has 0 radical (unpaired) electrons. The van der Waals surface area contributed by atoms with E-state index >= 15 is 0 Å². The third kappa shape index (κ3) is 6.42. The number of aryl methyl sites for hydroxylation is 1. The van der Waals surface area contributed by atoms with Gasteiger partial charge in [0.2, 0.25) is 0 Å². The lowest BCUT2D eigenvalue weighted by atomic mass is 10.1. The molecule has 200 valence electrons. The molecule has 0 bridgehead atoms. The number of barbiturate groups is 1. The molecule has 3 aromatic carbocycles. The molecular weight excluding hydrogens is 502 g/mol. The number of rotatable bonds is 9. The van der Waals surface area contributed by atoms with Gasteiger partial charge < -0.3 is 19.5 Å². The molecule has 5 amide bonds. The smallest absolute Gasteiger partial charge is 0.335 e. The number of nitrogens with one attached hydrogen (secondary N) is 2. The van der Waals surface area contributed by atoms with E-state index in [0.717, 1.165) is 10.5 Å². The van der Waals surface area contributed by atoms with Gasteiger partial charge in [-0.15, -0.1) is 0 Å². The maximum Gasteiger partial charge on any atom is 0.335 e. The van der Waals surface area contributed by atoms with Gasteiger partial charge >= 0.3 is 6.03 Å². The van der Waals surface area contributed by atoms with Crippen LogP contribution in [0.4, 0.5) is 16.2 Å². The topological polar surface area (TPSA) is 123 Å². The fraction of sp³-hybridized carbons (Fsp3) is 0.172. The van der Waals surface area contributed by atoms with Crippen molar-refractivity contribution in [3.63, 3.8) is 0 Å². The predicted molar refractivity (Wildman–Crippen MR) is 145 cm³/mol. The zero-order valence-corrected chi connectivity index (χ0v) is 21.6. The van der Waals surface area contributed by atoms with Gasteiger partial charge in [0, 0.05) is 5.69 Å². The first-order chi connectivity index (χ1) is 18.8. The van der Waals surface area contributed by atoms with Crippen molar-refractivity contribution in [2.45, 2.75) is 13.8 Å². The van der Waals surface area contributed by atoms with Gasteiger partial charge in [-0.3, -0.25) is 19.7 Å². The standard InChI is InChI=1S/C29H27N3O7/c1-4-38-22-11-9-21(10-12-22)32-28(35)23(27(34)31-29(32)36)15-19-8-13-24(25(16-19)37-3)39-17-26(33)30-20-7-5-6-18(2)14-20/h5-16H,4,17H2,1-3H3,(H,30,33)(H,31,34,36)/b23-15-. The fourth-order valence-electron chi connectivity index (χ4n) is 3.87. The second-order valence-corrected chi connectivity index (χ2v) is 8.50. The van der Waals surface area contributed by atoms with Crippen LogP contribution in [0.5, 0.6) is 17.2 Å². The maximum atomic E-state index is 13.2. The zero-order valence-electron chi connectivity index (χ0n) is 21.6. The minimum absolute atomic E-state index is 0.239. The zero-order chi connectivity index (χ0) is 27.9. The van der Waals surface area contributed by atoms with E-state index in [2.05, 4.69) is 10.6 Å². The molecular formula is C29H27N3O7. The summed E-state index contributed by atoms with van der Waals surface area (Å²) < 4.78 is 16.4. The summed E-state index contributed by atoms with van der Waals surface area (Å²) in [7, 11) is 1.43. The largest absolute Gasteiger partial charge is 0.494 e. The normalized spacial score (nSPS) is 14.2. The minimum Gasteiger partial charge on any atom is -0.494 e. The highest BCUT2D eigenvalue weighted by Crippen LogP contribution is 2.30. The lowest BCUT2D eigenvalue weighted by Crippen LogP contribution is -2.54. The monoisotopic (exact) mass is 529 g/mol. The van der Waals surface area contributed by atoms with Crippen LogP contribution in [-0.2, 0) is 14.4 Å². The average Bonchev–Trinajstić information content (AvgIpc) is 2.91. The number of carbonyl (C=O) groups is 4. The maximum absolute atomic E-state index is 13.2. The summed E-state index contributed by atoms with van der Waals surface area (Å²) in [6.45, 7) is 3.98. The van der Waals surface area contributed by atoms with Gasteiger partial charge in [0.05, 0.1) is 19.4 Å². The highest BCUT2D eigenvalue weighted by molar-refractivity contribution is 6.39. The Morgan fingerprint density at radius 2 is 1.74 bits per heavy atom. The number of hydrogen-bond acceptors (Lipinski definition) is 7. The lowest BCUT2D eigenvalue weighted by molar-refractivity contribution is -0.122. The van der Waals surface area contributed by atoms with Gasteiger partial charge in [-0.05, 0) is 79.6 Å². The number of methoxy groups -OCH3 is 1. The van der Waals surface area contributed by atoms with Crippen molar-refractivity contribution in [1.82, 2.24) is 5.32 Å². The molecule has 2 N–H and O–H groups in total. The number of ether oxygens (including phenoxy) is 3. The van der Waals surface area contributed by atoms with Crippen molar-refractivity contribution in [3.8, 4) is 17.2 Å². The summed E-state index contributed by atoms with van der Waals surface area (Å²) in [5, 5.41) is 4.95. The van der Waals surface area contributed by atoms with E-state index in [1.807, 2.05) is 32.0 Å². The molecule has 0 aromatic heterocycles. The summed E-state index contributed by atoms with van der Waals surface area (Å²) >= 11 is 0. The van der Waals surface area contributed by atoms with Crippen LogP contribution < -0.4 is 29.7 Å². The van der Waals surface area contributed by atoms with Crippen molar-refractivity contribution in [1.29, 1.82) is 0 Å². The molecule has 0 unspecified atom stereocenters. The molecule has 1 aliphatic heterocycles. The van der Waals surface area contributed by atoms with Crippen LogP contribution in [0.2, 0.25) is 0 Å². The number of imide groups is 2. The summed E-state index contributed by atoms with van der Waals surface area (Å²) in [5.41, 5.74) is 2.16. The van der Waals surface area contributed by atoms with E-state index in [1.165, 1.54) is 13.2 Å². The van der Waals surface area contributed by atoms with Gasteiger partial charge in [0.25, 0.3) is 17.7 Å². The Bertz CT molecular complexity index is 1450. The van der Waals surface area contributed by atoms with Crippen molar-refractivity contribution in [2.24, 2.45) is 0 Å². The third-order valence-electron chi connectivity index (χ3n) is 5.67. The van der Waals surface area contributed by atoms with Crippen LogP contribution in [-0.4, -0.2) is 44.1 Å². The Morgan fingerprint density at radius 1 is 0.974 bits per heavy atom. The summed E-state index contributed by atoms with van der Waals surface area (Å²) in [4.78, 5) is 51.4. The second kappa shape index (κ2) is 12.0. The van der Waals surface area contributed by atoms with E-state index in [-0.39, 0.29) is 29.5 Å². The van der Waals surface area contributed by atoms with Gasteiger partial charge in [0.15, 0.2) is 18.1 Å². The third-order valence-corrected chi connectivity index (χ3v) is 5.67. The van der Waals surface area contributed by atoms with E-state index in [1.54, 1.807) is 48.5 Å². The Morgan fingerprint density at radius 3 is 2.44 bits per heavy atom. The van der Waals surface area contributed by atoms with Gasteiger partial charge in [-0.1, -0.05) is 18.2 Å². The number of carbonyl (C=O) groups excluding carboxylic acids is 4. The Balaban J connectivity index is 1.50. The molecule has 10 heteroatoms. The lowest BCUT2D eigenvalue weighted by Gasteiger charge is -2.26. The first-order valence-corrected chi connectivity index (χ1v) is 12.1. The molecule has 1 aliphatic rings. The summed E-state index contributed by atoms with van der Waals surface area (Å²) in [5.74, 6) is -0.780. The van der Waals surface area contributed by atoms with Gasteiger partial charge in [-0.2, -0.15) is 0 Å². The Kier molecular flexibility index (Phi) is 8.25. The molecule has 0 spiro atoms. The van der Waals surface area contributed by atoms with E-state index in [9.17, 15) is 19.2 Å². The molecule has 1 heterocycles. The molecule has 0 atom stereocenters. The number of urea groups is 1. The summed E-state index contributed by atoms with van der Waals surface area (Å²) in [6, 6.07) is 17.6. The van der Waals surface area contributed by atoms with Crippen LogP contribution in [0.1, 0.15) is 18.1 Å². The molecule has 3 aromatic rings. The van der Waals surface area contributed by atoms with Crippen molar-refractivity contribution in [2.75, 3.05) is 30.5 Å². The number of hydrogen-bond donors (Lipinski definition) is 2. The van der Waals surface area contributed by atoms with Crippen molar-refractivity contribution >= 4 is 41.2 Å². The van der Waals surface area contributed by atoms with Crippen molar-refractivity contribution < 1.29 is 33.4 Å². The number of nitrogens with zero attached hydrogens (tertiary/aromatic N) is 1. The van der Waals surface area contributed by atoms with E-state index < -0.39 is 17.8 Å². The highest BCUT2D eigenvalue weighted by atomic mass is 16.5. The first-order valence-electron chi connectivity index (χ1n) is 12.1. The molecule has 1 saturated heterocycles. The fourth-order valence-corrected chi connectivity index (χ4v) is 3.87. The number of amides is 5. The quantitative estimate of drug-likeness (QED) is 0.316. The molecule has 4 rings (SSSR count). The molecule has 39 heavy (non-hydrogen) atoms. The van der Waals surface area contributed by atoms with Crippen molar-refractivity contribution in [3.05, 3.63) is 83.4 Å². The van der Waals surface area contributed by atoms with Crippen LogP contribution in [0, 0.1) is 6.92 Å². The van der Waals surface area contributed by atoms with Crippen LogP contribution >= 0.6 is 0 Å². The Hall–Kier alpha value is -5.12. The summed E-state index contributed by atoms with van der Waals surface area (Å²) in [6.07, 6.45) is 1.35. The van der Waals surface area contributed by atoms with Crippen LogP contribution in [0.3, 0.4) is 0 Å². The highest BCUT2D eigenvalue weighted by Gasteiger charge is 2.36. The van der Waals surface area contributed by atoms with Crippen LogP contribution in [0.15, 0.2) is 72.3 Å². The second-order valence-electron chi connectivity index (χ2n) is 8.50. The van der Waals surface area contributed by atoms with Crippen LogP contribution in [0.25, 0.3) is 6.08 Å². The SMILES string of the molecule is CCOc1ccc(N2C(=O)NC(=O)/C(=C/c3ccc(OCC(=O)Nc4cccc(C)c4)c(OC)c3)C2=O)cc1. The average molecular weight is 530 g/mol. The molecule has 0 saturated carbocycles. The van der Waals surface area contributed by atoms with E-state index in [4.69, 9.17) is 14.2 Å². The van der Waals surface area contributed by atoms with Gasteiger partial charge in [-0.25, -0.2) is 9.69 Å². The molecule has 0 aliphatic carbocycles. The minimum atomic E-state index is -0.850. The number of benzene rings is 3. The van der Waals surface area contributed by atoms with Gasteiger partial charge in [0.1, 0.15) is 11.3 Å².